The molecule has 0 aromatic heterocycles. The first-order valence-electron chi connectivity index (χ1n) is 20.4. The van der Waals surface area contributed by atoms with Crippen molar-refractivity contribution in [2.45, 2.75) is 219 Å². The lowest BCUT2D eigenvalue weighted by molar-refractivity contribution is -0.138. The van der Waals surface area contributed by atoms with E-state index < -0.39 is 0 Å². The molecule has 0 aromatic rings. The highest BCUT2D eigenvalue weighted by Gasteiger charge is 2.00. The molecule has 0 N–H and O–H groups in total. The number of esters is 2. The minimum atomic E-state index is -0.354. The summed E-state index contributed by atoms with van der Waals surface area (Å²) in [5, 5.41) is 0. The zero-order valence-corrected chi connectivity index (χ0v) is 31.0. The Morgan fingerprint density at radius 3 is 0.739 bits per heavy atom. The third kappa shape index (κ3) is 38.6. The van der Waals surface area contributed by atoms with Gasteiger partial charge in [0.05, 0.1) is 13.2 Å². The van der Waals surface area contributed by atoms with E-state index in [9.17, 15) is 9.59 Å². The molecular weight excluding hydrogens is 568 g/mol. The molecule has 4 heteroatoms. The van der Waals surface area contributed by atoms with Gasteiger partial charge in [-0.05, 0) is 12.8 Å². The monoisotopic (exact) mass is 647 g/mol. The van der Waals surface area contributed by atoms with Crippen LogP contribution >= 0.6 is 0 Å². The Morgan fingerprint density at radius 2 is 0.522 bits per heavy atom. The number of hydrogen-bond acceptors (Lipinski definition) is 4. The SMILES string of the molecule is CCCCCCCCCCCCCCCCCCOC(=O)/C=C\C=C/C(=O)OCCCCCCCCCCCCCCCCCC. The second kappa shape index (κ2) is 39.6. The smallest absolute Gasteiger partial charge is 0.330 e. The average Bonchev–Trinajstić information content (AvgIpc) is 3.06. The van der Waals surface area contributed by atoms with Crippen LogP contribution in [0.15, 0.2) is 24.3 Å². The summed E-state index contributed by atoms with van der Waals surface area (Å²) in [4.78, 5) is 23.7. The first-order chi connectivity index (χ1) is 22.7. The highest BCUT2D eigenvalue weighted by atomic mass is 16.5. The molecular formula is C42H78O4. The second-order valence-electron chi connectivity index (χ2n) is 13.7. The second-order valence-corrected chi connectivity index (χ2v) is 13.7. The van der Waals surface area contributed by atoms with E-state index in [1.807, 2.05) is 0 Å². The van der Waals surface area contributed by atoms with Crippen LogP contribution < -0.4 is 0 Å². The summed E-state index contributed by atoms with van der Waals surface area (Å²) in [5.41, 5.74) is 0. The van der Waals surface area contributed by atoms with Gasteiger partial charge in [-0.2, -0.15) is 0 Å². The van der Waals surface area contributed by atoms with Gasteiger partial charge in [0, 0.05) is 12.2 Å². The minimum absolute atomic E-state index is 0.354. The molecule has 4 nitrogen and oxygen atoms in total. The van der Waals surface area contributed by atoms with Crippen LogP contribution in [0.3, 0.4) is 0 Å². The molecule has 270 valence electrons. The molecule has 0 saturated heterocycles. The topological polar surface area (TPSA) is 52.6 Å². The summed E-state index contributed by atoms with van der Waals surface area (Å²) in [6, 6.07) is 0. The fourth-order valence-electron chi connectivity index (χ4n) is 6.01. The molecule has 0 aromatic carbocycles. The van der Waals surface area contributed by atoms with Gasteiger partial charge in [-0.1, -0.05) is 219 Å². The quantitative estimate of drug-likeness (QED) is 0.0292. The predicted octanol–water partition coefficient (Wildman–Crippen LogP) is 13.7. The van der Waals surface area contributed by atoms with Gasteiger partial charge >= 0.3 is 11.9 Å². The normalized spacial score (nSPS) is 11.6. The Hall–Kier alpha value is -1.58. The molecule has 0 aliphatic carbocycles. The van der Waals surface area contributed by atoms with Crippen molar-refractivity contribution in [2.24, 2.45) is 0 Å². The highest BCUT2D eigenvalue weighted by molar-refractivity contribution is 5.84. The Balaban J connectivity index is 3.38. The van der Waals surface area contributed by atoms with Crippen molar-refractivity contribution in [3.8, 4) is 0 Å². The average molecular weight is 647 g/mol. The molecule has 0 rings (SSSR count). The van der Waals surface area contributed by atoms with E-state index in [1.54, 1.807) is 12.2 Å². The van der Waals surface area contributed by atoms with Crippen molar-refractivity contribution in [3.63, 3.8) is 0 Å². The Labute approximate surface area is 287 Å². The maximum absolute atomic E-state index is 11.8. The molecule has 0 aliphatic rings. The summed E-state index contributed by atoms with van der Waals surface area (Å²) < 4.78 is 10.5. The van der Waals surface area contributed by atoms with E-state index in [1.165, 1.54) is 192 Å². The zero-order valence-electron chi connectivity index (χ0n) is 31.0. The van der Waals surface area contributed by atoms with Crippen molar-refractivity contribution in [1.82, 2.24) is 0 Å². The molecule has 0 spiro atoms. The van der Waals surface area contributed by atoms with Crippen LogP contribution in [0.2, 0.25) is 0 Å². The van der Waals surface area contributed by atoms with Gasteiger partial charge in [-0.15, -0.1) is 0 Å². The molecule has 0 unspecified atom stereocenters. The Bertz CT molecular complexity index is 625. The molecule has 0 atom stereocenters. The van der Waals surface area contributed by atoms with E-state index in [0.29, 0.717) is 13.2 Å². The fourth-order valence-corrected chi connectivity index (χ4v) is 6.01. The van der Waals surface area contributed by atoms with E-state index in [0.717, 1.165) is 25.7 Å². The number of unbranched alkanes of at least 4 members (excludes halogenated alkanes) is 30. The number of hydrogen-bond donors (Lipinski definition) is 0. The lowest BCUT2D eigenvalue weighted by Crippen LogP contribution is -2.03. The molecule has 0 heterocycles. The van der Waals surface area contributed by atoms with E-state index in [2.05, 4.69) is 13.8 Å². The lowest BCUT2D eigenvalue weighted by atomic mass is 10.0. The summed E-state index contributed by atoms with van der Waals surface area (Å²) in [6.45, 7) is 5.49. The third-order valence-electron chi connectivity index (χ3n) is 9.06. The first-order valence-corrected chi connectivity index (χ1v) is 20.4. The standard InChI is InChI=1S/C42H78O4/c1-3-5-7-9-11-13-15-17-19-21-23-25-27-29-31-35-39-45-41(43)37-33-34-38-42(44)46-40-36-32-30-28-26-24-22-20-18-16-14-12-10-8-6-4-2/h33-34,37-38H,3-32,35-36,39-40H2,1-2H3/b37-33-,38-34-. The maximum atomic E-state index is 11.8. The first kappa shape index (κ1) is 44.4. The molecule has 0 amide bonds. The van der Waals surface area contributed by atoms with Crippen molar-refractivity contribution < 1.29 is 19.1 Å². The number of carbonyl (C=O) groups is 2. The van der Waals surface area contributed by atoms with Crippen molar-refractivity contribution in [2.75, 3.05) is 13.2 Å². The van der Waals surface area contributed by atoms with Crippen LogP contribution in [0.1, 0.15) is 219 Å². The summed E-state index contributed by atoms with van der Waals surface area (Å²) in [5.74, 6) is -0.709. The Kier molecular flexibility index (Phi) is 38.2. The minimum Gasteiger partial charge on any atom is -0.463 e. The van der Waals surface area contributed by atoms with Gasteiger partial charge in [0.1, 0.15) is 0 Å². The van der Waals surface area contributed by atoms with Gasteiger partial charge < -0.3 is 9.47 Å². The van der Waals surface area contributed by atoms with Crippen LogP contribution in [-0.2, 0) is 19.1 Å². The van der Waals surface area contributed by atoms with Crippen molar-refractivity contribution in [1.29, 1.82) is 0 Å². The third-order valence-corrected chi connectivity index (χ3v) is 9.06. The van der Waals surface area contributed by atoms with Crippen molar-refractivity contribution in [3.05, 3.63) is 24.3 Å². The van der Waals surface area contributed by atoms with E-state index >= 15 is 0 Å². The van der Waals surface area contributed by atoms with Crippen molar-refractivity contribution >= 4 is 11.9 Å². The van der Waals surface area contributed by atoms with Gasteiger partial charge in [-0.25, -0.2) is 9.59 Å². The molecule has 0 aliphatic heterocycles. The van der Waals surface area contributed by atoms with Crippen LogP contribution in [0.4, 0.5) is 0 Å². The zero-order chi connectivity index (χ0) is 33.4. The lowest BCUT2D eigenvalue weighted by Gasteiger charge is -2.04. The summed E-state index contributed by atoms with van der Waals surface area (Å²) >= 11 is 0. The van der Waals surface area contributed by atoms with Crippen LogP contribution in [0.25, 0.3) is 0 Å². The maximum Gasteiger partial charge on any atom is 0.330 e. The number of carbonyl (C=O) groups excluding carboxylic acids is 2. The summed E-state index contributed by atoms with van der Waals surface area (Å²) in [7, 11) is 0. The van der Waals surface area contributed by atoms with Gasteiger partial charge in [0.25, 0.3) is 0 Å². The van der Waals surface area contributed by atoms with E-state index in [-0.39, 0.29) is 11.9 Å². The molecule has 0 bridgehead atoms. The van der Waals surface area contributed by atoms with Crippen LogP contribution in [0.5, 0.6) is 0 Å². The van der Waals surface area contributed by atoms with Crippen LogP contribution in [0, 0.1) is 0 Å². The van der Waals surface area contributed by atoms with Gasteiger partial charge in [0.15, 0.2) is 0 Å². The molecule has 0 saturated carbocycles. The van der Waals surface area contributed by atoms with Gasteiger partial charge in [-0.3, -0.25) is 0 Å². The number of rotatable bonds is 37. The fraction of sp³-hybridized carbons (Fsp3) is 0.857. The largest absolute Gasteiger partial charge is 0.463 e. The molecule has 46 heavy (non-hydrogen) atoms. The number of allylic oxidation sites excluding steroid dienone is 2. The van der Waals surface area contributed by atoms with E-state index in [4.69, 9.17) is 9.47 Å². The van der Waals surface area contributed by atoms with Gasteiger partial charge in [0.2, 0.25) is 0 Å². The Morgan fingerprint density at radius 1 is 0.326 bits per heavy atom. The van der Waals surface area contributed by atoms with Crippen LogP contribution in [-0.4, -0.2) is 25.2 Å². The number of ether oxygens (including phenoxy) is 2. The predicted molar refractivity (Wildman–Crippen MR) is 199 cm³/mol. The summed E-state index contributed by atoms with van der Waals surface area (Å²) in [6.07, 6.45) is 48.4. The molecule has 0 fully saturated rings. The molecule has 0 radical (unpaired) electrons. The highest BCUT2D eigenvalue weighted by Crippen LogP contribution is 2.15.